The van der Waals surface area contributed by atoms with Crippen LogP contribution in [0.15, 0.2) is 29.6 Å². The van der Waals surface area contributed by atoms with Crippen LogP contribution in [0.2, 0.25) is 5.02 Å². The van der Waals surface area contributed by atoms with Crippen molar-refractivity contribution in [2.45, 2.75) is 19.4 Å². The monoisotopic (exact) mass is 310 g/mol. The summed E-state index contributed by atoms with van der Waals surface area (Å²) in [6.45, 7) is 2.05. The van der Waals surface area contributed by atoms with E-state index in [1.807, 2.05) is 36.6 Å². The maximum atomic E-state index is 11.2. The Kier molecular flexibility index (Phi) is 4.98. The molecule has 0 amide bonds. The van der Waals surface area contributed by atoms with Crippen molar-refractivity contribution in [1.29, 1.82) is 0 Å². The van der Waals surface area contributed by atoms with Crippen LogP contribution in [0.4, 0.5) is 5.13 Å². The van der Waals surface area contributed by atoms with Gasteiger partial charge in [0.15, 0.2) is 5.13 Å². The Morgan fingerprint density at radius 3 is 2.80 bits per heavy atom. The van der Waals surface area contributed by atoms with E-state index in [1.54, 1.807) is 0 Å². The van der Waals surface area contributed by atoms with Gasteiger partial charge in [-0.05, 0) is 24.6 Å². The summed E-state index contributed by atoms with van der Waals surface area (Å²) in [5, 5.41) is 6.66. The summed E-state index contributed by atoms with van der Waals surface area (Å²) in [5.74, 6) is -0.285. The maximum absolute atomic E-state index is 11.2. The number of methoxy groups -OCH3 is 1. The van der Waals surface area contributed by atoms with E-state index in [0.29, 0.717) is 5.69 Å². The fourth-order valence-corrected chi connectivity index (χ4v) is 2.62. The number of aromatic nitrogens is 1. The number of anilines is 1. The molecule has 6 heteroatoms. The van der Waals surface area contributed by atoms with Crippen molar-refractivity contribution in [3.05, 3.63) is 45.9 Å². The Bertz CT molecular complexity index is 583. The number of hydrogen-bond acceptors (Lipinski definition) is 5. The standard InChI is InChI=1S/C14H15ClN2O2S/c1-9(10-3-5-11(15)6-4-10)16-14-17-12(8-20-14)7-13(18)19-2/h3-6,8-9H,7H2,1-2H3,(H,16,17). The minimum absolute atomic E-state index is 0.115. The molecule has 1 aromatic carbocycles. The predicted octanol–water partition coefficient (Wildman–Crippen LogP) is 3.69. The zero-order valence-electron chi connectivity index (χ0n) is 11.2. The second kappa shape index (κ2) is 6.72. The van der Waals surface area contributed by atoms with Gasteiger partial charge >= 0.3 is 5.97 Å². The molecule has 0 spiro atoms. The van der Waals surface area contributed by atoms with Crippen molar-refractivity contribution < 1.29 is 9.53 Å². The lowest BCUT2D eigenvalue weighted by atomic mass is 10.1. The summed E-state index contributed by atoms with van der Waals surface area (Å²) in [6.07, 6.45) is 0.198. The average molecular weight is 311 g/mol. The van der Waals surface area contributed by atoms with E-state index in [4.69, 9.17) is 11.6 Å². The molecule has 1 aromatic heterocycles. The highest BCUT2D eigenvalue weighted by Gasteiger charge is 2.10. The van der Waals surface area contributed by atoms with E-state index in [-0.39, 0.29) is 18.4 Å². The molecule has 1 unspecified atom stereocenters. The molecular weight excluding hydrogens is 296 g/mol. The first-order valence-corrected chi connectivity index (χ1v) is 7.37. The van der Waals surface area contributed by atoms with E-state index < -0.39 is 0 Å². The van der Waals surface area contributed by atoms with E-state index in [1.165, 1.54) is 18.4 Å². The SMILES string of the molecule is COC(=O)Cc1csc(NC(C)c2ccc(Cl)cc2)n1. The number of benzene rings is 1. The number of esters is 1. The van der Waals surface area contributed by atoms with Gasteiger partial charge in [-0.15, -0.1) is 11.3 Å². The summed E-state index contributed by atoms with van der Waals surface area (Å²) in [5.41, 5.74) is 1.84. The van der Waals surface area contributed by atoms with Gasteiger partial charge in [0.2, 0.25) is 0 Å². The third-order valence-corrected chi connectivity index (χ3v) is 3.89. The molecule has 0 bridgehead atoms. The van der Waals surface area contributed by atoms with Gasteiger partial charge in [-0.25, -0.2) is 4.98 Å². The maximum Gasteiger partial charge on any atom is 0.311 e. The van der Waals surface area contributed by atoms with Gasteiger partial charge < -0.3 is 10.1 Å². The van der Waals surface area contributed by atoms with Crippen molar-refractivity contribution in [2.75, 3.05) is 12.4 Å². The number of ether oxygens (including phenoxy) is 1. The molecule has 0 aliphatic carbocycles. The summed E-state index contributed by atoms with van der Waals surface area (Å²) in [4.78, 5) is 15.5. The van der Waals surface area contributed by atoms with Crippen LogP contribution in [-0.2, 0) is 16.0 Å². The van der Waals surface area contributed by atoms with E-state index in [2.05, 4.69) is 15.0 Å². The number of nitrogens with one attached hydrogen (secondary N) is 1. The van der Waals surface area contributed by atoms with E-state index >= 15 is 0 Å². The predicted molar refractivity (Wildman–Crippen MR) is 81.3 cm³/mol. The number of carbonyl (C=O) groups excluding carboxylic acids is 1. The molecule has 0 fully saturated rings. The van der Waals surface area contributed by atoms with Gasteiger partial charge in [-0.2, -0.15) is 0 Å². The van der Waals surface area contributed by atoms with Crippen molar-refractivity contribution >= 4 is 34.0 Å². The second-order valence-corrected chi connectivity index (χ2v) is 5.61. The molecular formula is C14H15ClN2O2S. The molecule has 0 aliphatic rings. The summed E-state index contributed by atoms with van der Waals surface area (Å²) in [6, 6.07) is 7.79. The molecule has 0 saturated heterocycles. The first-order chi connectivity index (χ1) is 9.58. The number of nitrogens with zero attached hydrogens (tertiary/aromatic N) is 1. The Labute approximate surface area is 126 Å². The minimum Gasteiger partial charge on any atom is -0.469 e. The van der Waals surface area contributed by atoms with Crippen LogP contribution in [0, 0.1) is 0 Å². The molecule has 1 atom stereocenters. The minimum atomic E-state index is -0.285. The number of hydrogen-bond donors (Lipinski definition) is 1. The lowest BCUT2D eigenvalue weighted by Crippen LogP contribution is -2.07. The number of thiazole rings is 1. The number of carbonyl (C=O) groups is 1. The van der Waals surface area contributed by atoms with Crippen LogP contribution >= 0.6 is 22.9 Å². The number of rotatable bonds is 5. The molecule has 1 heterocycles. The van der Waals surface area contributed by atoms with Gasteiger partial charge in [0.05, 0.1) is 25.3 Å². The van der Waals surface area contributed by atoms with Crippen molar-refractivity contribution in [3.63, 3.8) is 0 Å². The first-order valence-electron chi connectivity index (χ1n) is 6.11. The third kappa shape index (κ3) is 3.95. The normalized spacial score (nSPS) is 11.9. The molecule has 4 nitrogen and oxygen atoms in total. The summed E-state index contributed by atoms with van der Waals surface area (Å²) < 4.78 is 4.62. The topological polar surface area (TPSA) is 51.2 Å². The quantitative estimate of drug-likeness (QED) is 0.856. The van der Waals surface area contributed by atoms with Gasteiger partial charge in [-0.1, -0.05) is 23.7 Å². The fraction of sp³-hybridized carbons (Fsp3) is 0.286. The van der Waals surface area contributed by atoms with Crippen LogP contribution in [0.3, 0.4) is 0 Å². The molecule has 0 radical (unpaired) electrons. The lowest BCUT2D eigenvalue weighted by molar-refractivity contribution is -0.139. The van der Waals surface area contributed by atoms with Gasteiger partial charge in [0.25, 0.3) is 0 Å². The average Bonchev–Trinajstić information content (AvgIpc) is 2.86. The Hall–Kier alpha value is -1.59. The summed E-state index contributed by atoms with van der Waals surface area (Å²) in [7, 11) is 1.37. The molecule has 106 valence electrons. The van der Waals surface area contributed by atoms with Crippen LogP contribution < -0.4 is 5.32 Å². The summed E-state index contributed by atoms with van der Waals surface area (Å²) >= 11 is 7.34. The molecule has 0 aliphatic heterocycles. The molecule has 1 N–H and O–H groups in total. The van der Waals surface area contributed by atoms with Gasteiger partial charge in [0.1, 0.15) is 0 Å². The highest BCUT2D eigenvalue weighted by atomic mass is 35.5. The van der Waals surface area contributed by atoms with Crippen molar-refractivity contribution in [1.82, 2.24) is 4.98 Å². The molecule has 2 aromatic rings. The zero-order chi connectivity index (χ0) is 14.5. The van der Waals surface area contributed by atoms with E-state index in [0.717, 1.165) is 15.7 Å². The highest BCUT2D eigenvalue weighted by molar-refractivity contribution is 7.13. The molecule has 0 saturated carbocycles. The van der Waals surface area contributed by atoms with Crippen LogP contribution in [0.1, 0.15) is 24.2 Å². The van der Waals surface area contributed by atoms with Crippen molar-refractivity contribution in [2.24, 2.45) is 0 Å². The van der Waals surface area contributed by atoms with Crippen LogP contribution in [-0.4, -0.2) is 18.1 Å². The molecule has 20 heavy (non-hydrogen) atoms. The smallest absolute Gasteiger partial charge is 0.311 e. The first kappa shape index (κ1) is 14.8. The van der Waals surface area contributed by atoms with Crippen LogP contribution in [0.25, 0.3) is 0 Å². The highest BCUT2D eigenvalue weighted by Crippen LogP contribution is 2.23. The largest absolute Gasteiger partial charge is 0.469 e. The van der Waals surface area contributed by atoms with Gasteiger partial charge in [-0.3, -0.25) is 4.79 Å². The Morgan fingerprint density at radius 2 is 2.15 bits per heavy atom. The lowest BCUT2D eigenvalue weighted by Gasteiger charge is -2.13. The molecule has 2 rings (SSSR count). The second-order valence-electron chi connectivity index (χ2n) is 4.31. The van der Waals surface area contributed by atoms with Crippen LogP contribution in [0.5, 0.6) is 0 Å². The Balaban J connectivity index is 1.99. The zero-order valence-corrected chi connectivity index (χ0v) is 12.8. The van der Waals surface area contributed by atoms with Crippen molar-refractivity contribution in [3.8, 4) is 0 Å². The third-order valence-electron chi connectivity index (χ3n) is 2.81. The number of halogens is 1. The fourth-order valence-electron chi connectivity index (χ4n) is 1.69. The van der Waals surface area contributed by atoms with E-state index in [9.17, 15) is 4.79 Å². The van der Waals surface area contributed by atoms with Gasteiger partial charge in [0, 0.05) is 10.4 Å². The Morgan fingerprint density at radius 1 is 1.45 bits per heavy atom.